The molecule has 0 aromatic carbocycles. The molecular formula is C13H28O2Si. The average Bonchev–Trinajstić information content (AvgIpc) is 2.12. The van der Waals surface area contributed by atoms with Crippen molar-refractivity contribution in [2.24, 2.45) is 0 Å². The molecule has 0 spiro atoms. The van der Waals surface area contributed by atoms with Gasteiger partial charge in [0.05, 0.1) is 12.4 Å². The summed E-state index contributed by atoms with van der Waals surface area (Å²) in [6.45, 7) is 15.6. The minimum absolute atomic E-state index is 0.0601. The quantitative estimate of drug-likeness (QED) is 0.563. The predicted molar refractivity (Wildman–Crippen MR) is 73.0 cm³/mol. The van der Waals surface area contributed by atoms with E-state index in [4.69, 9.17) is 9.53 Å². The van der Waals surface area contributed by atoms with Crippen molar-refractivity contribution in [2.45, 2.75) is 65.1 Å². The molecule has 0 radical (unpaired) electrons. The largest absolute Gasteiger partial charge is 0.546 e. The van der Waals surface area contributed by atoms with Gasteiger partial charge in [-0.05, 0) is 29.6 Å². The van der Waals surface area contributed by atoms with E-state index in [0.717, 1.165) is 5.76 Å². The van der Waals surface area contributed by atoms with E-state index in [-0.39, 0.29) is 6.61 Å². The van der Waals surface area contributed by atoms with Crippen LogP contribution in [0.4, 0.5) is 0 Å². The predicted octanol–water partition coefficient (Wildman–Crippen LogP) is 4.07. The van der Waals surface area contributed by atoms with Gasteiger partial charge < -0.3 is 9.53 Å². The molecule has 0 atom stereocenters. The van der Waals surface area contributed by atoms with Crippen molar-refractivity contribution in [3.8, 4) is 0 Å². The van der Waals surface area contributed by atoms with E-state index in [1.54, 1.807) is 6.08 Å². The van der Waals surface area contributed by atoms with Crippen molar-refractivity contribution < 1.29 is 9.53 Å². The molecule has 1 N–H and O–H groups in total. The number of aliphatic hydroxyl groups is 1. The molecule has 0 rings (SSSR count). The molecule has 16 heavy (non-hydrogen) atoms. The zero-order valence-electron chi connectivity index (χ0n) is 11.9. The first-order chi connectivity index (χ1) is 7.28. The first kappa shape index (κ1) is 15.7. The van der Waals surface area contributed by atoms with E-state index in [1.807, 2.05) is 6.92 Å². The summed E-state index contributed by atoms with van der Waals surface area (Å²) in [4.78, 5) is 0. The molecule has 3 heteroatoms. The van der Waals surface area contributed by atoms with Crippen molar-refractivity contribution in [2.75, 3.05) is 6.61 Å². The van der Waals surface area contributed by atoms with Crippen LogP contribution in [0.2, 0.25) is 16.6 Å². The van der Waals surface area contributed by atoms with Gasteiger partial charge in [-0.15, -0.1) is 0 Å². The van der Waals surface area contributed by atoms with Crippen LogP contribution in [-0.4, -0.2) is 20.0 Å². The van der Waals surface area contributed by atoms with Crippen LogP contribution < -0.4 is 0 Å². The van der Waals surface area contributed by atoms with Gasteiger partial charge in [0.1, 0.15) is 0 Å². The standard InChI is InChI=1S/C13H28O2Si/c1-10(2)16(11(3)4,12(5)6)15-13(7)8-9-14/h8,10-12,14H,9H2,1-7H3/b13-8-. The van der Waals surface area contributed by atoms with Crippen LogP contribution in [0.15, 0.2) is 11.8 Å². The van der Waals surface area contributed by atoms with Gasteiger partial charge in [0.25, 0.3) is 8.32 Å². The highest BCUT2D eigenvalue weighted by atomic mass is 28.4. The number of hydrogen-bond donors (Lipinski definition) is 1. The van der Waals surface area contributed by atoms with Crippen molar-refractivity contribution in [1.29, 1.82) is 0 Å². The van der Waals surface area contributed by atoms with Gasteiger partial charge in [-0.2, -0.15) is 0 Å². The first-order valence-electron chi connectivity index (χ1n) is 6.25. The first-order valence-corrected chi connectivity index (χ1v) is 8.39. The highest BCUT2D eigenvalue weighted by molar-refractivity contribution is 6.77. The van der Waals surface area contributed by atoms with Crippen LogP contribution in [0, 0.1) is 0 Å². The minimum atomic E-state index is -1.81. The monoisotopic (exact) mass is 244 g/mol. The van der Waals surface area contributed by atoms with Crippen LogP contribution in [0.3, 0.4) is 0 Å². The van der Waals surface area contributed by atoms with Crippen LogP contribution in [0.25, 0.3) is 0 Å². The molecule has 0 aromatic heterocycles. The van der Waals surface area contributed by atoms with Crippen LogP contribution in [-0.2, 0) is 4.43 Å². The minimum Gasteiger partial charge on any atom is -0.546 e. The molecule has 2 nitrogen and oxygen atoms in total. The zero-order valence-corrected chi connectivity index (χ0v) is 12.9. The van der Waals surface area contributed by atoms with E-state index in [2.05, 4.69) is 41.5 Å². The van der Waals surface area contributed by atoms with Crippen LogP contribution >= 0.6 is 0 Å². The lowest BCUT2D eigenvalue weighted by molar-refractivity contribution is 0.324. The summed E-state index contributed by atoms with van der Waals surface area (Å²) in [5.41, 5.74) is 1.73. The number of rotatable bonds is 6. The Morgan fingerprint density at radius 2 is 1.44 bits per heavy atom. The highest BCUT2D eigenvalue weighted by Gasteiger charge is 2.46. The molecule has 0 amide bonds. The van der Waals surface area contributed by atoms with E-state index < -0.39 is 8.32 Å². The smallest absolute Gasteiger partial charge is 0.258 e. The van der Waals surface area contributed by atoms with Gasteiger partial charge in [-0.3, -0.25) is 0 Å². The van der Waals surface area contributed by atoms with Crippen molar-refractivity contribution in [1.82, 2.24) is 0 Å². The lowest BCUT2D eigenvalue weighted by Crippen LogP contribution is -2.47. The lowest BCUT2D eigenvalue weighted by Gasteiger charge is -2.42. The molecule has 0 fully saturated rings. The Bertz CT molecular complexity index is 210. The maximum absolute atomic E-state index is 8.91. The summed E-state index contributed by atoms with van der Waals surface area (Å²) in [6, 6.07) is 0. The summed E-state index contributed by atoms with van der Waals surface area (Å²) < 4.78 is 6.30. The molecule has 0 aliphatic heterocycles. The summed E-state index contributed by atoms with van der Waals surface area (Å²) in [7, 11) is -1.81. The Hall–Kier alpha value is -0.283. The summed E-state index contributed by atoms with van der Waals surface area (Å²) >= 11 is 0. The Kier molecular flexibility index (Phi) is 6.34. The molecule has 0 aliphatic rings. The Morgan fingerprint density at radius 3 is 1.69 bits per heavy atom. The van der Waals surface area contributed by atoms with Crippen LogP contribution in [0.1, 0.15) is 48.5 Å². The molecule has 0 heterocycles. The fourth-order valence-corrected chi connectivity index (χ4v) is 8.15. The van der Waals surface area contributed by atoms with Crippen molar-refractivity contribution in [3.63, 3.8) is 0 Å². The number of allylic oxidation sites excluding steroid dienone is 1. The van der Waals surface area contributed by atoms with E-state index in [1.165, 1.54) is 0 Å². The SMILES string of the molecule is C/C(=C/CO)O[Si](C(C)C)(C(C)C)C(C)C. The van der Waals surface area contributed by atoms with Gasteiger partial charge in [-0.1, -0.05) is 41.5 Å². The van der Waals surface area contributed by atoms with Gasteiger partial charge >= 0.3 is 0 Å². The molecule has 96 valence electrons. The zero-order chi connectivity index (χ0) is 12.9. The van der Waals surface area contributed by atoms with E-state index in [9.17, 15) is 0 Å². The van der Waals surface area contributed by atoms with Crippen LogP contribution in [0.5, 0.6) is 0 Å². The number of aliphatic hydroxyl groups excluding tert-OH is 1. The maximum Gasteiger partial charge on any atom is 0.258 e. The third kappa shape index (κ3) is 3.35. The van der Waals surface area contributed by atoms with Crippen molar-refractivity contribution in [3.05, 3.63) is 11.8 Å². The van der Waals surface area contributed by atoms with Gasteiger partial charge in [-0.25, -0.2) is 0 Å². The second-order valence-corrected chi connectivity index (χ2v) is 10.8. The lowest BCUT2D eigenvalue weighted by atomic mass is 10.5. The Balaban J connectivity index is 5.13. The molecule has 0 saturated heterocycles. The molecule has 0 aliphatic carbocycles. The van der Waals surface area contributed by atoms with E-state index in [0.29, 0.717) is 16.6 Å². The fraction of sp³-hybridized carbons (Fsp3) is 0.846. The summed E-state index contributed by atoms with van der Waals surface area (Å²) in [6.07, 6.45) is 1.76. The van der Waals surface area contributed by atoms with E-state index >= 15 is 0 Å². The fourth-order valence-electron chi connectivity index (χ4n) is 2.80. The van der Waals surface area contributed by atoms with Gasteiger partial charge in [0, 0.05) is 0 Å². The maximum atomic E-state index is 8.91. The molecule has 0 aromatic rings. The number of hydrogen-bond acceptors (Lipinski definition) is 2. The summed E-state index contributed by atoms with van der Waals surface area (Å²) in [5.74, 6) is 0.880. The highest BCUT2D eigenvalue weighted by Crippen LogP contribution is 2.43. The second-order valence-electron chi connectivity index (χ2n) is 5.42. The Morgan fingerprint density at radius 1 is 1.06 bits per heavy atom. The Labute approximate surface area is 102 Å². The van der Waals surface area contributed by atoms with Gasteiger partial charge in [0.15, 0.2) is 0 Å². The summed E-state index contributed by atoms with van der Waals surface area (Å²) in [5, 5.41) is 8.91. The second kappa shape index (κ2) is 6.45. The van der Waals surface area contributed by atoms with Crippen molar-refractivity contribution >= 4 is 8.32 Å². The molecular weight excluding hydrogens is 216 g/mol. The topological polar surface area (TPSA) is 29.5 Å². The third-order valence-corrected chi connectivity index (χ3v) is 9.51. The van der Waals surface area contributed by atoms with Gasteiger partial charge in [0.2, 0.25) is 0 Å². The molecule has 0 unspecified atom stereocenters. The molecule has 0 bridgehead atoms. The normalized spacial score (nSPS) is 14.1. The third-order valence-electron chi connectivity index (χ3n) is 3.42. The average molecular weight is 244 g/mol. The molecule has 0 saturated carbocycles.